The number of para-hydroxylation sites is 1. The van der Waals surface area contributed by atoms with Crippen LogP contribution in [0.15, 0.2) is 36.0 Å². The molecule has 0 unspecified atom stereocenters. The van der Waals surface area contributed by atoms with Gasteiger partial charge in [0.2, 0.25) is 0 Å². The van der Waals surface area contributed by atoms with Crippen molar-refractivity contribution in [3.05, 3.63) is 41.6 Å². The molecule has 0 radical (unpaired) electrons. The average Bonchev–Trinajstić information content (AvgIpc) is 2.36. The molecule has 3 nitrogen and oxygen atoms in total. The Labute approximate surface area is 94.8 Å². The van der Waals surface area contributed by atoms with Gasteiger partial charge in [-0.15, -0.1) is 0 Å². The molecule has 78 valence electrons. The van der Waals surface area contributed by atoms with Crippen LogP contribution >= 0.6 is 0 Å². The lowest BCUT2D eigenvalue weighted by atomic mass is 10.0. The van der Waals surface area contributed by atoms with Crippen molar-refractivity contribution in [2.75, 3.05) is 11.4 Å². The lowest BCUT2D eigenvalue weighted by Gasteiger charge is -2.27. The summed E-state index contributed by atoms with van der Waals surface area (Å²) in [5, 5.41) is 17.5. The molecule has 1 aromatic carbocycles. The molecule has 0 aromatic heterocycles. The molecule has 1 aromatic rings. The molecule has 0 spiro atoms. The fourth-order valence-corrected chi connectivity index (χ4v) is 1.94. The van der Waals surface area contributed by atoms with Crippen LogP contribution in [0.3, 0.4) is 0 Å². The minimum Gasteiger partial charge on any atom is -0.346 e. The predicted octanol–water partition coefficient (Wildman–Crippen LogP) is 2.37. The van der Waals surface area contributed by atoms with Crippen LogP contribution in [0.4, 0.5) is 5.69 Å². The maximum Gasteiger partial charge on any atom is 0.145 e. The quantitative estimate of drug-likeness (QED) is 0.667. The number of benzene rings is 1. The summed E-state index contributed by atoms with van der Waals surface area (Å²) in [7, 11) is 0. The van der Waals surface area contributed by atoms with Crippen LogP contribution in [-0.4, -0.2) is 6.54 Å². The van der Waals surface area contributed by atoms with E-state index < -0.39 is 0 Å². The Kier molecular flexibility index (Phi) is 2.89. The van der Waals surface area contributed by atoms with Gasteiger partial charge >= 0.3 is 0 Å². The molecular weight excluding hydrogens is 198 g/mol. The maximum absolute atomic E-state index is 8.74. The van der Waals surface area contributed by atoms with Crippen molar-refractivity contribution in [1.82, 2.24) is 0 Å². The van der Waals surface area contributed by atoms with E-state index in [1.807, 2.05) is 35.2 Å². The summed E-state index contributed by atoms with van der Waals surface area (Å²) < 4.78 is 0. The lowest BCUT2D eigenvalue weighted by Crippen LogP contribution is -2.24. The minimum absolute atomic E-state index is 0.150. The van der Waals surface area contributed by atoms with E-state index in [2.05, 4.69) is 6.07 Å². The zero-order chi connectivity index (χ0) is 11.4. The Balaban J connectivity index is 2.37. The van der Waals surface area contributed by atoms with Crippen LogP contribution in [0.5, 0.6) is 0 Å². The zero-order valence-electron chi connectivity index (χ0n) is 8.85. The van der Waals surface area contributed by atoms with E-state index in [9.17, 15) is 0 Å². The van der Waals surface area contributed by atoms with E-state index >= 15 is 0 Å². The normalized spacial score (nSPS) is 13.2. The van der Waals surface area contributed by atoms with E-state index in [-0.39, 0.29) is 5.57 Å². The van der Waals surface area contributed by atoms with Gasteiger partial charge in [0.25, 0.3) is 0 Å². The first-order valence-electron chi connectivity index (χ1n) is 5.21. The van der Waals surface area contributed by atoms with Crippen LogP contribution in [0, 0.1) is 22.7 Å². The van der Waals surface area contributed by atoms with Crippen molar-refractivity contribution in [1.29, 1.82) is 10.5 Å². The molecule has 0 fully saturated rings. The van der Waals surface area contributed by atoms with Crippen molar-refractivity contribution < 1.29 is 0 Å². The summed E-state index contributed by atoms with van der Waals surface area (Å²) in [5.41, 5.74) is 2.54. The Morgan fingerprint density at radius 2 is 2.00 bits per heavy atom. The fourth-order valence-electron chi connectivity index (χ4n) is 1.94. The number of rotatable bonds is 1. The van der Waals surface area contributed by atoms with Gasteiger partial charge < -0.3 is 4.90 Å². The molecule has 0 saturated heterocycles. The molecule has 0 N–H and O–H groups in total. The Morgan fingerprint density at radius 1 is 1.25 bits per heavy atom. The first-order valence-corrected chi connectivity index (χ1v) is 5.21. The van der Waals surface area contributed by atoms with E-state index in [0.29, 0.717) is 0 Å². The molecule has 0 saturated carbocycles. The molecule has 1 aliphatic rings. The predicted molar refractivity (Wildman–Crippen MR) is 61.4 cm³/mol. The topological polar surface area (TPSA) is 50.8 Å². The van der Waals surface area contributed by atoms with Gasteiger partial charge in [-0.05, 0) is 24.5 Å². The van der Waals surface area contributed by atoms with E-state index in [0.717, 1.165) is 25.1 Å². The van der Waals surface area contributed by atoms with Crippen LogP contribution in [0.2, 0.25) is 0 Å². The number of hydrogen-bond acceptors (Lipinski definition) is 3. The van der Waals surface area contributed by atoms with Crippen LogP contribution in [-0.2, 0) is 6.42 Å². The molecule has 1 heterocycles. The van der Waals surface area contributed by atoms with Crippen molar-refractivity contribution in [2.24, 2.45) is 0 Å². The van der Waals surface area contributed by atoms with Gasteiger partial charge in [-0.2, -0.15) is 10.5 Å². The van der Waals surface area contributed by atoms with Gasteiger partial charge in [0.1, 0.15) is 17.7 Å². The van der Waals surface area contributed by atoms with Gasteiger partial charge in [-0.1, -0.05) is 18.2 Å². The average molecular weight is 209 g/mol. The molecule has 16 heavy (non-hydrogen) atoms. The number of anilines is 1. The summed E-state index contributed by atoms with van der Waals surface area (Å²) in [4.78, 5) is 1.99. The van der Waals surface area contributed by atoms with Gasteiger partial charge in [0.05, 0.1) is 0 Å². The molecule has 3 heteroatoms. The molecule has 2 rings (SSSR count). The van der Waals surface area contributed by atoms with Gasteiger partial charge in [0, 0.05) is 18.4 Å². The molecule has 0 aliphatic carbocycles. The van der Waals surface area contributed by atoms with Crippen molar-refractivity contribution >= 4 is 5.69 Å². The van der Waals surface area contributed by atoms with E-state index in [4.69, 9.17) is 10.5 Å². The molecular formula is C13H11N3. The number of aryl methyl sites for hydroxylation is 1. The van der Waals surface area contributed by atoms with Crippen LogP contribution < -0.4 is 4.90 Å². The maximum atomic E-state index is 8.74. The summed E-state index contributed by atoms with van der Waals surface area (Å²) in [6, 6.07) is 11.9. The summed E-state index contributed by atoms with van der Waals surface area (Å²) in [5.74, 6) is 0. The molecule has 0 bridgehead atoms. The van der Waals surface area contributed by atoms with Crippen molar-refractivity contribution in [2.45, 2.75) is 12.8 Å². The smallest absolute Gasteiger partial charge is 0.145 e. The van der Waals surface area contributed by atoms with Gasteiger partial charge in [-0.3, -0.25) is 0 Å². The second-order valence-corrected chi connectivity index (χ2v) is 3.69. The number of nitrogens with zero attached hydrogens (tertiary/aromatic N) is 3. The number of nitriles is 2. The highest BCUT2D eigenvalue weighted by molar-refractivity contribution is 5.59. The van der Waals surface area contributed by atoms with Gasteiger partial charge in [-0.25, -0.2) is 0 Å². The Bertz CT molecular complexity index is 487. The van der Waals surface area contributed by atoms with Crippen LogP contribution in [0.1, 0.15) is 12.0 Å². The van der Waals surface area contributed by atoms with E-state index in [1.165, 1.54) is 5.56 Å². The summed E-state index contributed by atoms with van der Waals surface area (Å²) in [6.07, 6.45) is 3.75. The fraction of sp³-hybridized carbons (Fsp3) is 0.231. The highest BCUT2D eigenvalue weighted by atomic mass is 15.1. The third-order valence-electron chi connectivity index (χ3n) is 2.67. The van der Waals surface area contributed by atoms with Crippen molar-refractivity contribution in [3.8, 4) is 12.1 Å². The van der Waals surface area contributed by atoms with Crippen molar-refractivity contribution in [3.63, 3.8) is 0 Å². The largest absolute Gasteiger partial charge is 0.346 e. The number of hydrogen-bond donors (Lipinski definition) is 0. The number of allylic oxidation sites excluding steroid dienone is 1. The third-order valence-corrected chi connectivity index (χ3v) is 2.67. The van der Waals surface area contributed by atoms with Crippen LogP contribution in [0.25, 0.3) is 0 Å². The molecule has 1 aliphatic heterocycles. The first kappa shape index (κ1) is 10.3. The minimum atomic E-state index is 0.150. The third kappa shape index (κ3) is 1.89. The monoisotopic (exact) mass is 209 g/mol. The SMILES string of the molecule is N#CC(C#N)=CN1CCCc2ccccc21. The highest BCUT2D eigenvalue weighted by Gasteiger charge is 2.14. The zero-order valence-corrected chi connectivity index (χ0v) is 8.85. The second kappa shape index (κ2) is 4.51. The first-order chi connectivity index (χ1) is 7.85. The summed E-state index contributed by atoms with van der Waals surface area (Å²) in [6.45, 7) is 0.865. The number of fused-ring (bicyclic) bond motifs is 1. The highest BCUT2D eigenvalue weighted by Crippen LogP contribution is 2.27. The molecule has 0 atom stereocenters. The second-order valence-electron chi connectivity index (χ2n) is 3.69. The van der Waals surface area contributed by atoms with Gasteiger partial charge in [0.15, 0.2) is 0 Å². The standard InChI is InChI=1S/C13H11N3/c14-8-11(9-15)10-16-7-3-5-12-4-1-2-6-13(12)16/h1-2,4,6,10H,3,5,7H2. The lowest BCUT2D eigenvalue weighted by molar-refractivity contribution is 0.762. The molecule has 0 amide bonds. The Morgan fingerprint density at radius 3 is 2.75 bits per heavy atom. The summed E-state index contributed by atoms with van der Waals surface area (Å²) >= 11 is 0. The Hall–Kier alpha value is -2.26. The van der Waals surface area contributed by atoms with E-state index in [1.54, 1.807) is 6.20 Å².